The molecule has 0 aliphatic rings. The molecule has 2 aromatic carbocycles. The summed E-state index contributed by atoms with van der Waals surface area (Å²) in [5.74, 6) is 0.780. The van der Waals surface area contributed by atoms with Crippen LogP contribution >= 0.6 is 15.9 Å². The Morgan fingerprint density at radius 1 is 1.14 bits per heavy atom. The van der Waals surface area contributed by atoms with E-state index in [9.17, 15) is 0 Å². The number of hydrogen-bond acceptors (Lipinski definition) is 2. The lowest BCUT2D eigenvalue weighted by Gasteiger charge is -2.11. The van der Waals surface area contributed by atoms with Crippen LogP contribution in [0.15, 0.2) is 53.1 Å². The number of hydrogen-bond donors (Lipinski definition) is 1. The Bertz CT molecular complexity index is 803. The summed E-state index contributed by atoms with van der Waals surface area (Å²) in [4.78, 5) is 3.19. The SMILES string of the molecule is N#CCc1c[nH]c2ccc(Br)c(OCc3ccccc3)c12. The minimum absolute atomic E-state index is 0.359. The van der Waals surface area contributed by atoms with Gasteiger partial charge in [-0.2, -0.15) is 5.26 Å². The van der Waals surface area contributed by atoms with Crippen LogP contribution in [-0.4, -0.2) is 4.98 Å². The summed E-state index contributed by atoms with van der Waals surface area (Å²) in [5.41, 5.74) is 3.04. The molecule has 4 heteroatoms. The number of nitriles is 1. The Hall–Kier alpha value is -2.25. The van der Waals surface area contributed by atoms with Gasteiger partial charge in [0, 0.05) is 17.1 Å². The van der Waals surface area contributed by atoms with Crippen molar-refractivity contribution in [3.63, 3.8) is 0 Å². The molecule has 1 N–H and O–H groups in total. The van der Waals surface area contributed by atoms with Crippen LogP contribution in [0.2, 0.25) is 0 Å². The molecule has 0 saturated heterocycles. The number of aromatic nitrogens is 1. The van der Waals surface area contributed by atoms with Gasteiger partial charge in [-0.25, -0.2) is 0 Å². The molecule has 0 bridgehead atoms. The molecular formula is C17H13BrN2O. The number of aromatic amines is 1. The Morgan fingerprint density at radius 3 is 2.71 bits per heavy atom. The highest BCUT2D eigenvalue weighted by Gasteiger charge is 2.13. The standard InChI is InChI=1S/C17H13BrN2O/c18-14-6-7-15-16(13(8-9-19)10-20-15)17(14)21-11-12-4-2-1-3-5-12/h1-7,10,20H,8,11H2. The van der Waals surface area contributed by atoms with Crippen molar-refractivity contribution in [2.75, 3.05) is 0 Å². The van der Waals surface area contributed by atoms with Gasteiger partial charge in [-0.15, -0.1) is 0 Å². The number of H-pyrrole nitrogens is 1. The molecule has 3 rings (SSSR count). The zero-order chi connectivity index (χ0) is 14.7. The molecule has 1 heterocycles. The summed E-state index contributed by atoms with van der Waals surface area (Å²) < 4.78 is 6.90. The maximum atomic E-state index is 8.95. The van der Waals surface area contributed by atoms with Crippen LogP contribution in [-0.2, 0) is 13.0 Å². The van der Waals surface area contributed by atoms with E-state index in [1.165, 1.54) is 0 Å². The van der Waals surface area contributed by atoms with Crippen LogP contribution in [0.25, 0.3) is 10.9 Å². The van der Waals surface area contributed by atoms with E-state index in [1.807, 2.05) is 48.7 Å². The third kappa shape index (κ3) is 2.79. The van der Waals surface area contributed by atoms with Gasteiger partial charge in [0.1, 0.15) is 12.4 Å². The molecule has 0 atom stereocenters. The van der Waals surface area contributed by atoms with E-state index in [4.69, 9.17) is 10.00 Å². The topological polar surface area (TPSA) is 48.8 Å². The second-order valence-corrected chi connectivity index (χ2v) is 5.58. The summed E-state index contributed by atoms with van der Waals surface area (Å²) in [6, 6.07) is 16.2. The van der Waals surface area contributed by atoms with Gasteiger partial charge in [-0.3, -0.25) is 0 Å². The monoisotopic (exact) mass is 340 g/mol. The third-order valence-electron chi connectivity index (χ3n) is 3.33. The molecular weight excluding hydrogens is 328 g/mol. The Morgan fingerprint density at radius 2 is 1.95 bits per heavy atom. The van der Waals surface area contributed by atoms with Crippen LogP contribution in [0, 0.1) is 11.3 Å². The fourth-order valence-electron chi connectivity index (χ4n) is 2.33. The molecule has 0 radical (unpaired) electrons. The first kappa shape index (κ1) is 13.7. The minimum Gasteiger partial charge on any atom is -0.487 e. The Kier molecular flexibility index (Phi) is 3.94. The molecule has 21 heavy (non-hydrogen) atoms. The highest BCUT2D eigenvalue weighted by Crippen LogP contribution is 2.36. The van der Waals surface area contributed by atoms with Gasteiger partial charge in [0.2, 0.25) is 0 Å². The quantitative estimate of drug-likeness (QED) is 0.755. The number of rotatable bonds is 4. The van der Waals surface area contributed by atoms with Crippen molar-refractivity contribution in [1.29, 1.82) is 5.26 Å². The molecule has 1 aromatic heterocycles. The predicted molar refractivity (Wildman–Crippen MR) is 86.1 cm³/mol. The van der Waals surface area contributed by atoms with Gasteiger partial charge < -0.3 is 9.72 Å². The summed E-state index contributed by atoms with van der Waals surface area (Å²) in [5, 5.41) is 9.92. The van der Waals surface area contributed by atoms with Crippen molar-refractivity contribution < 1.29 is 4.74 Å². The van der Waals surface area contributed by atoms with Crippen molar-refractivity contribution in [3.05, 3.63) is 64.3 Å². The normalized spacial score (nSPS) is 10.5. The molecule has 0 amide bonds. The van der Waals surface area contributed by atoms with Gasteiger partial charge in [-0.1, -0.05) is 30.3 Å². The molecule has 0 aliphatic carbocycles. The van der Waals surface area contributed by atoms with E-state index in [0.717, 1.165) is 32.3 Å². The minimum atomic E-state index is 0.359. The van der Waals surface area contributed by atoms with Crippen molar-refractivity contribution in [2.24, 2.45) is 0 Å². The van der Waals surface area contributed by atoms with Gasteiger partial charge in [0.25, 0.3) is 0 Å². The molecule has 3 nitrogen and oxygen atoms in total. The number of halogens is 1. The highest BCUT2D eigenvalue weighted by atomic mass is 79.9. The van der Waals surface area contributed by atoms with Crippen molar-refractivity contribution in [1.82, 2.24) is 4.98 Å². The second kappa shape index (κ2) is 6.02. The Labute approximate surface area is 131 Å². The zero-order valence-corrected chi connectivity index (χ0v) is 12.9. The summed E-state index contributed by atoms with van der Waals surface area (Å²) >= 11 is 3.54. The van der Waals surface area contributed by atoms with Crippen molar-refractivity contribution in [2.45, 2.75) is 13.0 Å². The molecule has 0 unspecified atom stereocenters. The summed E-state index contributed by atoms with van der Waals surface area (Å²) in [7, 11) is 0. The maximum absolute atomic E-state index is 8.95. The third-order valence-corrected chi connectivity index (χ3v) is 3.95. The van der Waals surface area contributed by atoms with Crippen LogP contribution in [0.5, 0.6) is 5.75 Å². The average Bonchev–Trinajstić information content (AvgIpc) is 2.91. The van der Waals surface area contributed by atoms with E-state index in [1.54, 1.807) is 0 Å². The number of ether oxygens (including phenoxy) is 1. The fraction of sp³-hybridized carbons (Fsp3) is 0.118. The summed E-state index contributed by atoms with van der Waals surface area (Å²) in [6.07, 6.45) is 2.23. The largest absolute Gasteiger partial charge is 0.487 e. The molecule has 104 valence electrons. The lowest BCUT2D eigenvalue weighted by molar-refractivity contribution is 0.308. The van der Waals surface area contributed by atoms with E-state index in [2.05, 4.69) is 27.0 Å². The van der Waals surface area contributed by atoms with Gasteiger partial charge in [0.05, 0.1) is 17.0 Å². The van der Waals surface area contributed by atoms with Crippen molar-refractivity contribution in [3.8, 4) is 11.8 Å². The number of nitrogens with one attached hydrogen (secondary N) is 1. The summed E-state index contributed by atoms with van der Waals surface area (Å²) in [6.45, 7) is 0.496. The lowest BCUT2D eigenvalue weighted by Crippen LogP contribution is -1.97. The van der Waals surface area contributed by atoms with E-state index >= 15 is 0 Å². The van der Waals surface area contributed by atoms with E-state index in [-0.39, 0.29) is 0 Å². The molecule has 0 aliphatic heterocycles. The Balaban J connectivity index is 1.98. The molecule has 3 aromatic rings. The number of nitrogens with zero attached hydrogens (tertiary/aromatic N) is 1. The second-order valence-electron chi connectivity index (χ2n) is 4.72. The van der Waals surface area contributed by atoms with Gasteiger partial charge in [-0.05, 0) is 39.2 Å². The maximum Gasteiger partial charge on any atom is 0.143 e. The first-order valence-electron chi connectivity index (χ1n) is 6.61. The molecule has 0 spiro atoms. The smallest absolute Gasteiger partial charge is 0.143 e. The van der Waals surface area contributed by atoms with Crippen LogP contribution in [0.3, 0.4) is 0 Å². The zero-order valence-electron chi connectivity index (χ0n) is 11.3. The van der Waals surface area contributed by atoms with Gasteiger partial charge >= 0.3 is 0 Å². The van der Waals surface area contributed by atoms with Gasteiger partial charge in [0.15, 0.2) is 0 Å². The molecule has 0 saturated carbocycles. The first-order chi connectivity index (χ1) is 10.3. The van der Waals surface area contributed by atoms with Crippen LogP contribution in [0.1, 0.15) is 11.1 Å². The predicted octanol–water partition coefficient (Wildman–Crippen LogP) is 4.58. The fourth-order valence-corrected chi connectivity index (χ4v) is 2.77. The number of fused-ring (bicyclic) bond motifs is 1. The van der Waals surface area contributed by atoms with Crippen LogP contribution in [0.4, 0.5) is 0 Å². The van der Waals surface area contributed by atoms with Crippen LogP contribution < -0.4 is 4.74 Å². The highest BCUT2D eigenvalue weighted by molar-refractivity contribution is 9.10. The first-order valence-corrected chi connectivity index (χ1v) is 7.41. The van der Waals surface area contributed by atoms with Crippen molar-refractivity contribution >= 4 is 26.8 Å². The number of benzene rings is 2. The lowest BCUT2D eigenvalue weighted by atomic mass is 10.1. The van der Waals surface area contributed by atoms with E-state index in [0.29, 0.717) is 13.0 Å². The average molecular weight is 341 g/mol. The van der Waals surface area contributed by atoms with E-state index < -0.39 is 0 Å². The molecule has 0 fully saturated rings.